The van der Waals surface area contributed by atoms with Crippen LogP contribution in [-0.4, -0.2) is 129 Å². The van der Waals surface area contributed by atoms with E-state index in [1.54, 1.807) is 44.3 Å². The van der Waals surface area contributed by atoms with Crippen LogP contribution in [0.15, 0.2) is 30.5 Å². The number of hydrogen-bond donors (Lipinski definition) is 12. The molecule has 7 atom stereocenters. The molecule has 1 heterocycles. The quantitative estimate of drug-likeness (QED) is 0.0599. The molecule has 0 aliphatic heterocycles. The van der Waals surface area contributed by atoms with Crippen molar-refractivity contribution in [3.05, 3.63) is 36.0 Å². The van der Waals surface area contributed by atoms with Crippen molar-refractivity contribution >= 4 is 52.3 Å². The Hall–Kier alpha value is -5.11. The summed E-state index contributed by atoms with van der Waals surface area (Å²) in [6.07, 6.45) is 1.68. The fraction of sp³-hybridized carbons (Fsp3) is 0.559. The summed E-state index contributed by atoms with van der Waals surface area (Å²) in [6, 6.07) is -2.52. The first-order valence-electron chi connectivity index (χ1n) is 17.1. The third-order valence-electron chi connectivity index (χ3n) is 8.22. The van der Waals surface area contributed by atoms with Gasteiger partial charge >= 0.3 is 5.97 Å². The van der Waals surface area contributed by atoms with Crippen LogP contribution in [-0.2, 0) is 40.0 Å². The van der Waals surface area contributed by atoms with Gasteiger partial charge in [0.1, 0.15) is 42.3 Å². The minimum absolute atomic E-state index is 0.0646. The van der Waals surface area contributed by atoms with Gasteiger partial charge in [-0.05, 0) is 36.8 Å². The number of nitrogens with one attached hydrogen (secondary N) is 7. The number of carboxylic acids is 1. The third kappa shape index (κ3) is 13.1. The minimum atomic E-state index is -1.69. The van der Waals surface area contributed by atoms with Crippen molar-refractivity contribution in [3.63, 3.8) is 0 Å². The van der Waals surface area contributed by atoms with Gasteiger partial charge in [0.05, 0.1) is 19.8 Å². The first-order valence-corrected chi connectivity index (χ1v) is 17.1. The topological polar surface area (TPSA) is 314 Å². The van der Waals surface area contributed by atoms with Crippen molar-refractivity contribution in [2.45, 2.75) is 89.8 Å². The lowest BCUT2D eigenvalue weighted by Gasteiger charge is -2.26. The number of benzene rings is 1. The Bertz CT molecular complexity index is 1600. The highest BCUT2D eigenvalue weighted by Crippen LogP contribution is 2.19. The Morgan fingerprint density at radius 3 is 1.70 bits per heavy atom. The number of para-hydroxylation sites is 1. The first-order chi connectivity index (χ1) is 24.9. The Morgan fingerprint density at radius 2 is 1.17 bits per heavy atom. The molecule has 0 unspecified atom stereocenters. The molecule has 0 aliphatic carbocycles. The van der Waals surface area contributed by atoms with Gasteiger partial charge < -0.3 is 63.0 Å². The molecule has 0 saturated heterocycles. The second-order valence-electron chi connectivity index (χ2n) is 13.4. The van der Waals surface area contributed by atoms with Crippen LogP contribution in [0.3, 0.4) is 0 Å². The molecule has 2 aromatic rings. The molecule has 19 nitrogen and oxygen atoms in total. The predicted octanol–water partition coefficient (Wildman–Crippen LogP) is -3.27. The van der Waals surface area contributed by atoms with E-state index in [1.807, 2.05) is 13.8 Å². The highest BCUT2D eigenvalue weighted by atomic mass is 16.4. The largest absolute Gasteiger partial charge is 0.480 e. The Morgan fingerprint density at radius 1 is 0.660 bits per heavy atom. The summed E-state index contributed by atoms with van der Waals surface area (Å²) in [4.78, 5) is 93.0. The van der Waals surface area contributed by atoms with Crippen LogP contribution in [0, 0.1) is 11.8 Å². The van der Waals surface area contributed by atoms with Crippen LogP contribution >= 0.6 is 0 Å². The number of aliphatic hydroxyl groups is 3. The van der Waals surface area contributed by atoms with Gasteiger partial charge in [-0.1, -0.05) is 45.9 Å². The summed E-state index contributed by atoms with van der Waals surface area (Å²) in [6.45, 7) is 5.50. The lowest BCUT2D eigenvalue weighted by molar-refractivity contribution is -0.144. The maximum Gasteiger partial charge on any atom is 0.326 e. The number of hydrogen-bond acceptors (Lipinski definition) is 11. The first kappa shape index (κ1) is 44.1. The third-order valence-corrected chi connectivity index (χ3v) is 8.22. The molecule has 1 aromatic heterocycles. The van der Waals surface area contributed by atoms with Crippen LogP contribution < -0.4 is 37.6 Å². The number of fused-ring (bicyclic) bond motifs is 1. The number of rotatable bonds is 21. The number of nitrogens with two attached hydrogens (primary N) is 1. The number of carbonyl (C=O) groups is 7. The number of amides is 6. The highest BCUT2D eigenvalue weighted by molar-refractivity contribution is 5.97. The number of carboxylic acid groups (broad SMARTS) is 1. The van der Waals surface area contributed by atoms with E-state index >= 15 is 0 Å². The highest BCUT2D eigenvalue weighted by Gasteiger charge is 2.33. The van der Waals surface area contributed by atoms with Crippen molar-refractivity contribution in [3.8, 4) is 0 Å². The van der Waals surface area contributed by atoms with E-state index in [9.17, 15) is 54.0 Å². The zero-order valence-electron chi connectivity index (χ0n) is 30.3. The maximum atomic E-state index is 13.7. The van der Waals surface area contributed by atoms with Gasteiger partial charge in [-0.15, -0.1) is 0 Å². The van der Waals surface area contributed by atoms with Gasteiger partial charge in [0.2, 0.25) is 35.4 Å². The fourth-order valence-electron chi connectivity index (χ4n) is 5.17. The fourth-order valence-corrected chi connectivity index (χ4v) is 5.17. The molecule has 53 heavy (non-hydrogen) atoms. The van der Waals surface area contributed by atoms with E-state index in [-0.39, 0.29) is 18.8 Å². The maximum absolute atomic E-state index is 13.7. The molecule has 0 fully saturated rings. The van der Waals surface area contributed by atoms with Crippen molar-refractivity contribution in [1.82, 2.24) is 36.9 Å². The van der Waals surface area contributed by atoms with E-state index in [0.29, 0.717) is 5.56 Å². The Labute approximate surface area is 306 Å². The van der Waals surface area contributed by atoms with Gasteiger partial charge in [0.25, 0.3) is 0 Å². The number of aromatic nitrogens is 1. The van der Waals surface area contributed by atoms with Crippen LogP contribution in [0.2, 0.25) is 0 Å². The van der Waals surface area contributed by atoms with Crippen LogP contribution in [0.1, 0.15) is 46.6 Å². The molecule has 2 rings (SSSR count). The molecule has 0 spiro atoms. The molecule has 0 radical (unpaired) electrons. The summed E-state index contributed by atoms with van der Waals surface area (Å²) >= 11 is 0. The molecule has 19 heteroatoms. The van der Waals surface area contributed by atoms with Gasteiger partial charge in [0.15, 0.2) is 0 Å². The van der Waals surface area contributed by atoms with E-state index in [2.05, 4.69) is 36.9 Å². The average molecular weight is 749 g/mol. The van der Waals surface area contributed by atoms with Crippen molar-refractivity contribution in [2.24, 2.45) is 17.6 Å². The molecule has 294 valence electrons. The lowest BCUT2D eigenvalue weighted by atomic mass is 10.0. The van der Waals surface area contributed by atoms with Gasteiger partial charge in [0, 0.05) is 23.5 Å². The van der Waals surface area contributed by atoms with Crippen molar-refractivity contribution in [2.75, 3.05) is 19.8 Å². The van der Waals surface area contributed by atoms with Crippen molar-refractivity contribution in [1.29, 1.82) is 0 Å². The molecular formula is C34H52N8O11. The summed E-state index contributed by atoms with van der Waals surface area (Å²) in [5.41, 5.74) is 6.90. The lowest BCUT2D eigenvalue weighted by Crippen LogP contribution is -2.61. The number of carbonyl (C=O) groups excluding carboxylic acids is 6. The predicted molar refractivity (Wildman–Crippen MR) is 190 cm³/mol. The van der Waals surface area contributed by atoms with E-state index < -0.39 is 109 Å². The average Bonchev–Trinajstić information content (AvgIpc) is 3.52. The number of H-pyrrole nitrogens is 1. The molecule has 0 aliphatic rings. The zero-order chi connectivity index (χ0) is 40.0. The number of aliphatic hydroxyl groups excluding tert-OH is 3. The number of aromatic amines is 1. The molecular weight excluding hydrogens is 696 g/mol. The van der Waals surface area contributed by atoms with E-state index in [0.717, 1.165) is 10.9 Å². The normalized spacial score (nSPS) is 15.3. The summed E-state index contributed by atoms with van der Waals surface area (Å²) in [7, 11) is 0. The van der Waals surface area contributed by atoms with Crippen LogP contribution in [0.5, 0.6) is 0 Å². The standard InChI is InChI=1S/C34H52N8O11/c1-16(2)10-23(39-29(47)21(35)13-43)30(48)37-18(5)28(46)38-24(11-19-12-36-22-9-7-6-8-20(19)22)31(49)40-25(14-44)32(50)41-26(15-45)33(51)42-27(17(3)4)34(52)53/h6-9,12,16-18,21,23-27,36,43-45H,10-11,13-15,35H2,1-5H3,(H,37,48)(H,38,46)(H,39,47)(H,40,49)(H,41,50)(H,42,51)(H,52,53)/t18-,21-,23-,24-,25-,26-,27-/m0/s1. The Kier molecular flexibility index (Phi) is 17.3. The molecule has 0 bridgehead atoms. The van der Waals surface area contributed by atoms with Crippen LogP contribution in [0.4, 0.5) is 0 Å². The summed E-state index contributed by atoms with van der Waals surface area (Å²) in [5, 5.41) is 53.4. The summed E-state index contributed by atoms with van der Waals surface area (Å²) < 4.78 is 0. The van der Waals surface area contributed by atoms with Gasteiger partial charge in [-0.2, -0.15) is 0 Å². The molecule has 6 amide bonds. The monoisotopic (exact) mass is 748 g/mol. The van der Waals surface area contributed by atoms with Gasteiger partial charge in [-0.25, -0.2) is 4.79 Å². The SMILES string of the molecule is CC(C)C[C@H](NC(=O)[C@@H](N)CO)C(=O)N[C@@H](C)C(=O)N[C@@H](Cc1c[nH]c2ccccc12)C(=O)N[C@@H](CO)C(=O)N[C@@H](CO)C(=O)N[C@H](C(=O)O)C(C)C. The van der Waals surface area contributed by atoms with E-state index in [1.165, 1.54) is 6.92 Å². The van der Waals surface area contributed by atoms with E-state index in [4.69, 9.17) is 5.73 Å². The smallest absolute Gasteiger partial charge is 0.326 e. The minimum Gasteiger partial charge on any atom is -0.480 e. The van der Waals surface area contributed by atoms with Crippen LogP contribution in [0.25, 0.3) is 10.9 Å². The zero-order valence-corrected chi connectivity index (χ0v) is 30.3. The molecule has 0 saturated carbocycles. The second kappa shape index (κ2) is 20.8. The van der Waals surface area contributed by atoms with Crippen molar-refractivity contribution < 1.29 is 54.0 Å². The second-order valence-corrected chi connectivity index (χ2v) is 13.4. The molecule has 1 aromatic carbocycles. The summed E-state index contributed by atoms with van der Waals surface area (Å²) in [5.74, 6) is -7.29. The van der Waals surface area contributed by atoms with Gasteiger partial charge in [-0.3, -0.25) is 28.8 Å². The Balaban J connectivity index is 2.27. The molecule has 13 N–H and O–H groups in total. The number of aliphatic carboxylic acids is 1.